The van der Waals surface area contributed by atoms with E-state index in [0.29, 0.717) is 11.7 Å². The predicted molar refractivity (Wildman–Crippen MR) is 136 cm³/mol. The van der Waals surface area contributed by atoms with Gasteiger partial charge in [-0.15, -0.1) is 10.2 Å². The molecule has 4 aromatic heterocycles. The van der Waals surface area contributed by atoms with Crippen LogP contribution in [0.4, 0.5) is 0 Å². The van der Waals surface area contributed by atoms with E-state index >= 15 is 0 Å². The quantitative estimate of drug-likeness (QED) is 0.354. The van der Waals surface area contributed by atoms with Crippen LogP contribution in [0, 0.1) is 0 Å². The Labute approximate surface area is 206 Å². The molecule has 1 fully saturated rings. The van der Waals surface area contributed by atoms with E-state index in [0.717, 1.165) is 52.0 Å². The van der Waals surface area contributed by atoms with Gasteiger partial charge in [0, 0.05) is 35.0 Å². The highest BCUT2D eigenvalue weighted by Crippen LogP contribution is 2.53. The Balaban J connectivity index is 1.29. The molecule has 8 heteroatoms. The molecule has 0 bridgehead atoms. The highest BCUT2D eigenvalue weighted by molar-refractivity contribution is 5.79. The Morgan fingerprint density at radius 2 is 1.72 bits per heavy atom. The summed E-state index contributed by atoms with van der Waals surface area (Å²) in [6.45, 7) is 0. The van der Waals surface area contributed by atoms with Gasteiger partial charge in [-0.05, 0) is 54.3 Å². The molecule has 0 amide bonds. The zero-order chi connectivity index (χ0) is 24.1. The highest BCUT2D eigenvalue weighted by atomic mass is 16.5. The largest absolute Gasteiger partial charge is 0.481 e. The number of nitrogens with zero attached hydrogens (tertiary/aromatic N) is 7. The minimum Gasteiger partial charge on any atom is -0.481 e. The molecule has 0 radical (unpaired) electrons. The van der Waals surface area contributed by atoms with Gasteiger partial charge in [-0.1, -0.05) is 30.3 Å². The van der Waals surface area contributed by atoms with E-state index in [1.54, 1.807) is 24.0 Å². The molecule has 0 atom stereocenters. The summed E-state index contributed by atoms with van der Waals surface area (Å²) in [5.74, 6) is 1.91. The van der Waals surface area contributed by atoms with Crippen molar-refractivity contribution in [2.75, 3.05) is 7.11 Å². The van der Waals surface area contributed by atoms with E-state index in [2.05, 4.69) is 61.5 Å². The standard InChI is InChI=1S/C28H21N7O/c1-36-25-10-7-21(16-30-25)18-4-2-5-19(14-18)24-17-31-27-33-32-26(35(27)34-24)28(11-12-28)22-8-9-23-20(15-22)6-3-13-29-23/h2-10,13-17H,11-12H2,1H3. The lowest BCUT2D eigenvalue weighted by Crippen LogP contribution is -2.15. The summed E-state index contributed by atoms with van der Waals surface area (Å²) in [5, 5.41) is 15.0. The van der Waals surface area contributed by atoms with Crippen LogP contribution in [-0.4, -0.2) is 41.9 Å². The third kappa shape index (κ3) is 3.30. The zero-order valence-electron chi connectivity index (χ0n) is 19.5. The van der Waals surface area contributed by atoms with Crippen LogP contribution in [0.25, 0.3) is 39.1 Å². The maximum absolute atomic E-state index is 5.18. The van der Waals surface area contributed by atoms with Crippen molar-refractivity contribution in [2.45, 2.75) is 18.3 Å². The molecule has 1 aliphatic rings. The second-order valence-electron chi connectivity index (χ2n) is 9.04. The maximum Gasteiger partial charge on any atom is 0.271 e. The first-order valence-corrected chi connectivity index (χ1v) is 11.8. The van der Waals surface area contributed by atoms with Crippen LogP contribution in [0.3, 0.4) is 0 Å². The van der Waals surface area contributed by atoms with Crippen LogP contribution >= 0.6 is 0 Å². The van der Waals surface area contributed by atoms with Crippen molar-refractivity contribution in [3.63, 3.8) is 0 Å². The first-order chi connectivity index (χ1) is 17.7. The van der Waals surface area contributed by atoms with Crippen molar-refractivity contribution in [2.24, 2.45) is 0 Å². The molecule has 0 aliphatic heterocycles. The zero-order valence-corrected chi connectivity index (χ0v) is 19.5. The number of fused-ring (bicyclic) bond motifs is 2. The van der Waals surface area contributed by atoms with Crippen LogP contribution < -0.4 is 4.74 Å². The molecule has 8 nitrogen and oxygen atoms in total. The minimum absolute atomic E-state index is 0.215. The molecular formula is C28H21N7O. The van der Waals surface area contributed by atoms with Crippen LogP contribution in [0.1, 0.15) is 24.2 Å². The number of ether oxygens (including phenoxy) is 1. The first-order valence-electron chi connectivity index (χ1n) is 11.8. The fraction of sp³-hybridized carbons (Fsp3) is 0.143. The average molecular weight is 472 g/mol. The fourth-order valence-electron chi connectivity index (χ4n) is 4.80. The summed E-state index contributed by atoms with van der Waals surface area (Å²) < 4.78 is 6.98. The number of methoxy groups -OCH3 is 1. The smallest absolute Gasteiger partial charge is 0.271 e. The number of pyridine rings is 2. The van der Waals surface area contributed by atoms with Crippen LogP contribution in [0.5, 0.6) is 5.88 Å². The van der Waals surface area contributed by atoms with E-state index in [1.165, 1.54) is 5.56 Å². The third-order valence-corrected chi connectivity index (χ3v) is 6.91. The molecule has 36 heavy (non-hydrogen) atoms. The van der Waals surface area contributed by atoms with Gasteiger partial charge in [-0.25, -0.2) is 9.97 Å². The third-order valence-electron chi connectivity index (χ3n) is 6.91. The molecule has 0 spiro atoms. The molecule has 4 heterocycles. The number of hydrogen-bond donors (Lipinski definition) is 0. The van der Waals surface area contributed by atoms with E-state index in [9.17, 15) is 0 Å². The molecule has 6 aromatic rings. The van der Waals surface area contributed by atoms with Gasteiger partial charge in [0.2, 0.25) is 5.88 Å². The van der Waals surface area contributed by atoms with Gasteiger partial charge in [0.1, 0.15) is 5.69 Å². The Bertz CT molecular complexity index is 1740. The molecule has 0 unspecified atom stereocenters. The van der Waals surface area contributed by atoms with Gasteiger partial charge in [-0.3, -0.25) is 4.98 Å². The Morgan fingerprint density at radius 1 is 0.806 bits per heavy atom. The van der Waals surface area contributed by atoms with Gasteiger partial charge in [0.05, 0.1) is 24.2 Å². The lowest BCUT2D eigenvalue weighted by atomic mass is 9.94. The minimum atomic E-state index is -0.215. The number of hydrogen-bond acceptors (Lipinski definition) is 7. The molecule has 174 valence electrons. The van der Waals surface area contributed by atoms with Crippen molar-refractivity contribution in [3.05, 3.63) is 96.7 Å². The molecule has 1 saturated carbocycles. The summed E-state index contributed by atoms with van der Waals surface area (Å²) in [6, 6.07) is 22.5. The molecule has 2 aromatic carbocycles. The molecule has 1 aliphatic carbocycles. The second-order valence-corrected chi connectivity index (χ2v) is 9.04. The van der Waals surface area contributed by atoms with Gasteiger partial charge >= 0.3 is 0 Å². The van der Waals surface area contributed by atoms with E-state index in [-0.39, 0.29) is 5.41 Å². The van der Waals surface area contributed by atoms with E-state index in [1.807, 2.05) is 36.5 Å². The van der Waals surface area contributed by atoms with Crippen molar-refractivity contribution in [1.82, 2.24) is 34.8 Å². The SMILES string of the molecule is COc1ccc(-c2cccc(-c3cnc4nnc(C5(c6ccc7ncccc7c6)CC5)n4n3)c2)cn1. The van der Waals surface area contributed by atoms with Crippen LogP contribution in [0.15, 0.2) is 85.3 Å². The summed E-state index contributed by atoms with van der Waals surface area (Å²) >= 11 is 0. The summed E-state index contributed by atoms with van der Waals surface area (Å²) in [4.78, 5) is 13.4. The number of benzene rings is 2. The molecular weight excluding hydrogens is 450 g/mol. The first kappa shape index (κ1) is 20.6. The average Bonchev–Trinajstić information content (AvgIpc) is 3.64. The monoisotopic (exact) mass is 471 g/mol. The van der Waals surface area contributed by atoms with E-state index in [4.69, 9.17) is 9.84 Å². The topological polar surface area (TPSA) is 91.0 Å². The van der Waals surface area contributed by atoms with Crippen LogP contribution in [-0.2, 0) is 5.41 Å². The van der Waals surface area contributed by atoms with Gasteiger partial charge in [-0.2, -0.15) is 9.61 Å². The van der Waals surface area contributed by atoms with Gasteiger partial charge in [0.25, 0.3) is 5.78 Å². The Morgan fingerprint density at radius 3 is 2.56 bits per heavy atom. The summed E-state index contributed by atoms with van der Waals surface area (Å²) in [5.41, 5.74) is 5.73. The predicted octanol–water partition coefficient (Wildman–Crippen LogP) is 4.89. The molecule has 0 N–H and O–H groups in total. The highest BCUT2D eigenvalue weighted by Gasteiger charge is 2.50. The number of rotatable bonds is 5. The fourth-order valence-corrected chi connectivity index (χ4v) is 4.80. The van der Waals surface area contributed by atoms with Crippen molar-refractivity contribution in [3.8, 4) is 28.3 Å². The van der Waals surface area contributed by atoms with Crippen molar-refractivity contribution < 1.29 is 4.74 Å². The molecule has 0 saturated heterocycles. The lowest BCUT2D eigenvalue weighted by Gasteiger charge is -2.14. The second kappa shape index (κ2) is 7.91. The van der Waals surface area contributed by atoms with Gasteiger partial charge < -0.3 is 4.74 Å². The molecule has 7 rings (SSSR count). The van der Waals surface area contributed by atoms with Gasteiger partial charge in [0.15, 0.2) is 5.82 Å². The lowest BCUT2D eigenvalue weighted by molar-refractivity contribution is 0.398. The maximum atomic E-state index is 5.18. The number of aromatic nitrogens is 7. The van der Waals surface area contributed by atoms with Crippen molar-refractivity contribution in [1.29, 1.82) is 0 Å². The van der Waals surface area contributed by atoms with Crippen molar-refractivity contribution >= 4 is 16.7 Å². The Hall–Kier alpha value is -4.72. The Kier molecular flexibility index (Phi) is 4.54. The van der Waals surface area contributed by atoms with Crippen LogP contribution in [0.2, 0.25) is 0 Å². The summed E-state index contributed by atoms with van der Waals surface area (Å²) in [6.07, 6.45) is 7.36. The van der Waals surface area contributed by atoms with E-state index < -0.39 is 0 Å². The summed E-state index contributed by atoms with van der Waals surface area (Å²) in [7, 11) is 1.61. The normalized spacial score (nSPS) is 14.2.